The normalized spacial score (nSPS) is 29.0. The summed E-state index contributed by atoms with van der Waals surface area (Å²) in [5.41, 5.74) is 0.343. The maximum atomic E-state index is 14.3. The molecule has 3 heterocycles. The molecule has 23 heteroatoms. The first kappa shape index (κ1) is 60.1. The van der Waals surface area contributed by atoms with Gasteiger partial charge in [-0.2, -0.15) is 5.26 Å². The van der Waals surface area contributed by atoms with E-state index in [1.807, 2.05) is 0 Å². The van der Waals surface area contributed by atoms with Crippen molar-refractivity contribution in [2.45, 2.75) is 203 Å². The van der Waals surface area contributed by atoms with Crippen LogP contribution in [0.1, 0.15) is 123 Å². The summed E-state index contributed by atoms with van der Waals surface area (Å²) in [6, 6.07) is -4.09. The van der Waals surface area contributed by atoms with E-state index in [0.717, 1.165) is 55.2 Å². The van der Waals surface area contributed by atoms with E-state index in [9.17, 15) is 79.7 Å². The second kappa shape index (κ2) is 28.8. The molecule has 0 aliphatic carbocycles. The van der Waals surface area contributed by atoms with Gasteiger partial charge in [-0.05, 0) is 55.7 Å². The van der Waals surface area contributed by atoms with E-state index in [1.54, 1.807) is 6.07 Å². The van der Waals surface area contributed by atoms with Gasteiger partial charge >= 0.3 is 0 Å². The minimum absolute atomic E-state index is 0.0538. The number of phenols is 1. The number of carbonyl (C=O) groups excluding carboxylic acids is 7. The van der Waals surface area contributed by atoms with Crippen LogP contribution in [0, 0.1) is 23.2 Å². The van der Waals surface area contributed by atoms with Crippen molar-refractivity contribution in [1.82, 2.24) is 36.4 Å². The van der Waals surface area contributed by atoms with Gasteiger partial charge in [0.1, 0.15) is 48.1 Å². The Morgan fingerprint density at radius 2 is 1.36 bits per heavy atom. The molecule has 4 rings (SSSR count). The van der Waals surface area contributed by atoms with Gasteiger partial charge < -0.3 is 77.2 Å². The molecule has 1 aromatic carbocycles. The molecule has 3 aliphatic rings. The summed E-state index contributed by atoms with van der Waals surface area (Å²) in [6.07, 6.45) is -6.90. The molecule has 0 radical (unpaired) electrons. The lowest BCUT2D eigenvalue weighted by Gasteiger charge is -2.33. The van der Waals surface area contributed by atoms with Crippen molar-refractivity contribution in [2.24, 2.45) is 11.8 Å². The van der Waals surface area contributed by atoms with E-state index in [0.29, 0.717) is 30.2 Å². The molecule has 3 saturated heterocycles. The van der Waals surface area contributed by atoms with Crippen LogP contribution in [0.15, 0.2) is 24.3 Å². The Bertz CT molecular complexity index is 2060. The van der Waals surface area contributed by atoms with Gasteiger partial charge in [0.25, 0.3) is 0 Å². The van der Waals surface area contributed by atoms with Crippen molar-refractivity contribution in [3.63, 3.8) is 0 Å². The first-order chi connectivity index (χ1) is 34.6. The zero-order chi connectivity index (χ0) is 54.1. The average Bonchev–Trinajstić information content (AvgIpc) is 3.93. The number of aliphatic hydroxyl groups is 7. The van der Waals surface area contributed by atoms with Gasteiger partial charge in [0.15, 0.2) is 6.23 Å². The van der Waals surface area contributed by atoms with Crippen LogP contribution in [-0.4, -0.2) is 184 Å². The van der Waals surface area contributed by atoms with Crippen molar-refractivity contribution < 1.29 is 74.4 Å². The Balaban J connectivity index is 1.66. The molecule has 0 aromatic heterocycles. The predicted octanol–water partition coefficient (Wildman–Crippen LogP) is -1.79. The van der Waals surface area contributed by atoms with E-state index in [2.05, 4.69) is 47.4 Å². The van der Waals surface area contributed by atoms with Crippen LogP contribution in [0.5, 0.6) is 5.75 Å². The quantitative estimate of drug-likeness (QED) is 0.0681. The van der Waals surface area contributed by atoms with E-state index in [-0.39, 0.29) is 31.6 Å². The number of hydrogen-bond donors (Lipinski definition) is 13. The molecular weight excluding hydrogens is 953 g/mol. The lowest BCUT2D eigenvalue weighted by atomic mass is 9.91. The molecule has 0 spiro atoms. The number of aliphatic hydroxyl groups excluding tert-OH is 7. The highest BCUT2D eigenvalue weighted by Gasteiger charge is 2.48. The van der Waals surface area contributed by atoms with Crippen LogP contribution < -0.4 is 26.6 Å². The molecule has 0 bridgehead atoms. The predicted molar refractivity (Wildman–Crippen MR) is 261 cm³/mol. The highest BCUT2D eigenvalue weighted by atomic mass is 16.3. The van der Waals surface area contributed by atoms with Crippen molar-refractivity contribution in [2.75, 3.05) is 13.1 Å². The van der Waals surface area contributed by atoms with Gasteiger partial charge in [-0.25, -0.2) is 0 Å². The van der Waals surface area contributed by atoms with Crippen LogP contribution in [0.4, 0.5) is 0 Å². The average molecular weight is 1030 g/mol. The van der Waals surface area contributed by atoms with Gasteiger partial charge in [-0.3, -0.25) is 33.6 Å². The fourth-order valence-corrected chi connectivity index (χ4v) is 9.65. The molecule has 3 aliphatic heterocycles. The molecular formula is C50H78N8O15. The van der Waals surface area contributed by atoms with E-state index in [1.165, 1.54) is 30.7 Å². The molecule has 408 valence electrons. The van der Waals surface area contributed by atoms with Crippen LogP contribution in [-0.2, 0) is 40.0 Å². The number of nitriles is 1. The summed E-state index contributed by atoms with van der Waals surface area (Å²) in [6.45, 7) is 6.97. The van der Waals surface area contributed by atoms with E-state index < -0.39 is 146 Å². The van der Waals surface area contributed by atoms with Crippen molar-refractivity contribution in [1.29, 1.82) is 5.26 Å². The minimum atomic E-state index is -2.23. The number of fused-ring (bicyclic) bond motifs is 2. The SMILES string of the molecule is CCC(C)CC(C)CCCCCCCCC(=O)N[C@H]1C[C@@H](O)[C@@H](O)NC(=O)[C@@H]2[C@@H](O)CCN2C(=O)[C@H]([C@H](O)CC#N)NC(=O)[C@H]([C@H](O)Cc2ccc(O)cc2)NC(=O)[C@@H]2C[C@@H](O)CN2C(=O)[C@H]([C@@H](C)O)NC1=O. The van der Waals surface area contributed by atoms with Gasteiger partial charge in [0, 0.05) is 38.8 Å². The molecule has 0 saturated carbocycles. The highest BCUT2D eigenvalue weighted by Crippen LogP contribution is 2.25. The molecule has 1 aromatic rings. The fraction of sp³-hybridized carbons (Fsp3) is 0.720. The van der Waals surface area contributed by atoms with Crippen molar-refractivity contribution in [3.8, 4) is 11.8 Å². The Morgan fingerprint density at radius 1 is 0.740 bits per heavy atom. The van der Waals surface area contributed by atoms with Gasteiger partial charge in [-0.1, -0.05) is 77.8 Å². The summed E-state index contributed by atoms with van der Waals surface area (Å²) in [4.78, 5) is 100. The topological polar surface area (TPSA) is 372 Å². The fourth-order valence-electron chi connectivity index (χ4n) is 9.65. The zero-order valence-corrected chi connectivity index (χ0v) is 42.3. The largest absolute Gasteiger partial charge is 0.508 e. The van der Waals surface area contributed by atoms with Gasteiger partial charge in [0.05, 0.1) is 43.0 Å². The maximum absolute atomic E-state index is 14.3. The Kier molecular flexibility index (Phi) is 23.7. The van der Waals surface area contributed by atoms with Crippen molar-refractivity contribution >= 4 is 41.4 Å². The molecule has 23 nitrogen and oxygen atoms in total. The van der Waals surface area contributed by atoms with E-state index in [4.69, 9.17) is 0 Å². The summed E-state index contributed by atoms with van der Waals surface area (Å²) in [5.74, 6) is -6.59. The molecule has 3 fully saturated rings. The summed E-state index contributed by atoms with van der Waals surface area (Å²) < 4.78 is 0. The van der Waals surface area contributed by atoms with Crippen LogP contribution in [0.2, 0.25) is 0 Å². The highest BCUT2D eigenvalue weighted by molar-refractivity contribution is 5.98. The Hall–Kier alpha value is -5.48. The summed E-state index contributed by atoms with van der Waals surface area (Å²) >= 11 is 0. The third-order valence-electron chi connectivity index (χ3n) is 14.1. The first-order valence-corrected chi connectivity index (χ1v) is 25.6. The van der Waals surface area contributed by atoms with Crippen LogP contribution in [0.3, 0.4) is 0 Å². The molecule has 73 heavy (non-hydrogen) atoms. The number of nitrogens with one attached hydrogen (secondary N) is 5. The number of aromatic hydroxyl groups is 1. The number of carbonyl (C=O) groups is 7. The minimum Gasteiger partial charge on any atom is -0.508 e. The monoisotopic (exact) mass is 1030 g/mol. The summed E-state index contributed by atoms with van der Waals surface area (Å²) in [7, 11) is 0. The zero-order valence-electron chi connectivity index (χ0n) is 42.3. The second-order valence-electron chi connectivity index (χ2n) is 20.2. The molecule has 15 atom stereocenters. The Morgan fingerprint density at radius 3 is 2.00 bits per heavy atom. The number of unbranched alkanes of at least 4 members (excludes halogenated alkanes) is 5. The first-order valence-electron chi connectivity index (χ1n) is 25.6. The molecule has 13 N–H and O–H groups in total. The number of amides is 7. The molecule has 2 unspecified atom stereocenters. The number of benzene rings is 1. The van der Waals surface area contributed by atoms with E-state index >= 15 is 0 Å². The standard InChI is InChI=1S/C50H78N8O15/c1-5-27(2)22-28(3)12-10-8-6-7-9-11-13-39(66)52-33-25-38(65)46(69)56-48(71)43-36(63)19-21-57(43)50(73)42(35(62)18-20-51)55-47(70)41(37(64)23-30-14-16-31(60)17-15-30)54-45(68)34-24-32(61)26-58(34)49(72)40(29(4)59)53-44(33)67/h14-17,27-29,32-38,40-43,46,59-65,69H,5-13,18-19,21-26H2,1-4H3,(H,52,66)(H,53,67)(H,54,68)(H,55,70)(H,56,71)/t27?,28?,29-,32-,33+,34+,35-,36+,37-,38-,40+,41+,42+,43+,46-/m1/s1. The maximum Gasteiger partial charge on any atom is 0.248 e. The number of nitrogens with zero attached hydrogens (tertiary/aromatic N) is 3. The Labute approximate surface area is 426 Å². The van der Waals surface area contributed by atoms with Gasteiger partial charge in [-0.15, -0.1) is 0 Å². The van der Waals surface area contributed by atoms with Crippen LogP contribution >= 0.6 is 0 Å². The smallest absolute Gasteiger partial charge is 0.248 e. The summed E-state index contributed by atoms with van der Waals surface area (Å²) in [5, 5.41) is 109. The number of rotatable bonds is 19. The lowest BCUT2D eigenvalue weighted by molar-refractivity contribution is -0.148. The number of phenolic OH excluding ortho intramolecular Hbond substituents is 1. The second-order valence-corrected chi connectivity index (χ2v) is 20.2. The third kappa shape index (κ3) is 17.6. The van der Waals surface area contributed by atoms with Crippen molar-refractivity contribution in [3.05, 3.63) is 29.8 Å². The molecule has 7 amide bonds. The number of hydrogen-bond acceptors (Lipinski definition) is 16. The van der Waals surface area contributed by atoms with Gasteiger partial charge in [0.2, 0.25) is 41.4 Å². The van der Waals surface area contributed by atoms with Crippen LogP contribution in [0.25, 0.3) is 0 Å². The third-order valence-corrected chi connectivity index (χ3v) is 14.1. The lowest BCUT2D eigenvalue weighted by Crippen LogP contribution is -2.64.